The predicted octanol–water partition coefficient (Wildman–Crippen LogP) is 3.82. The molecule has 162 valence electrons. The first-order chi connectivity index (χ1) is 15.0. The smallest absolute Gasteiger partial charge is 0.330 e. The van der Waals surface area contributed by atoms with Crippen LogP contribution in [0.1, 0.15) is 32.3 Å². The van der Waals surface area contributed by atoms with Gasteiger partial charge in [-0.25, -0.2) is 9.59 Å². The minimum atomic E-state index is -0.393. The Hall–Kier alpha value is -3.61. The summed E-state index contributed by atoms with van der Waals surface area (Å²) in [5.41, 5.74) is 3.11. The topological polar surface area (TPSA) is 82.3 Å². The molecule has 0 saturated carbocycles. The third-order valence-corrected chi connectivity index (χ3v) is 4.83. The third kappa shape index (κ3) is 5.51. The van der Waals surface area contributed by atoms with Crippen LogP contribution < -0.4 is 11.0 Å². The maximum absolute atomic E-state index is 12.8. The van der Waals surface area contributed by atoms with E-state index in [9.17, 15) is 14.4 Å². The molecule has 0 aliphatic rings. The van der Waals surface area contributed by atoms with Crippen molar-refractivity contribution < 1.29 is 14.3 Å². The Balaban J connectivity index is 1.63. The molecular formula is C24H27N3O4. The number of amides is 1. The van der Waals surface area contributed by atoms with Gasteiger partial charge in [0.1, 0.15) is 0 Å². The number of fused-ring (bicyclic) bond motifs is 1. The number of hydrogen-bond donors (Lipinski definition) is 1. The highest BCUT2D eigenvalue weighted by molar-refractivity contribution is 5.91. The second-order valence-corrected chi connectivity index (χ2v) is 7.08. The van der Waals surface area contributed by atoms with Crippen molar-refractivity contribution in [2.45, 2.75) is 39.8 Å². The van der Waals surface area contributed by atoms with Gasteiger partial charge in [0.15, 0.2) is 0 Å². The summed E-state index contributed by atoms with van der Waals surface area (Å²) in [7, 11) is 0. The Labute approximate surface area is 180 Å². The van der Waals surface area contributed by atoms with Gasteiger partial charge in [-0.2, -0.15) is 0 Å². The van der Waals surface area contributed by atoms with Crippen LogP contribution in [-0.2, 0) is 27.4 Å². The SMILES string of the molecule is CCCn1c(=O)n(CCC(=O)Nc2ccc(/C=C/C(=O)OCC)cc2)c2ccccc21. The van der Waals surface area contributed by atoms with Crippen molar-refractivity contribution in [3.8, 4) is 0 Å². The molecule has 3 aromatic rings. The van der Waals surface area contributed by atoms with Gasteiger partial charge in [-0.05, 0) is 49.2 Å². The first-order valence-corrected chi connectivity index (χ1v) is 10.5. The van der Waals surface area contributed by atoms with Crippen LogP contribution in [0.2, 0.25) is 0 Å². The Morgan fingerprint density at radius 3 is 2.23 bits per heavy atom. The van der Waals surface area contributed by atoms with Gasteiger partial charge in [-0.1, -0.05) is 31.2 Å². The van der Waals surface area contributed by atoms with Gasteiger partial charge in [0.25, 0.3) is 0 Å². The van der Waals surface area contributed by atoms with Crippen LogP contribution >= 0.6 is 0 Å². The molecule has 1 heterocycles. The van der Waals surface area contributed by atoms with Crippen molar-refractivity contribution in [2.75, 3.05) is 11.9 Å². The molecule has 1 N–H and O–H groups in total. The summed E-state index contributed by atoms with van der Waals surface area (Å²) in [5.74, 6) is -0.565. The highest BCUT2D eigenvalue weighted by Crippen LogP contribution is 2.15. The largest absolute Gasteiger partial charge is 0.463 e. The highest BCUT2D eigenvalue weighted by Gasteiger charge is 2.13. The zero-order valence-electron chi connectivity index (χ0n) is 17.8. The van der Waals surface area contributed by atoms with Crippen molar-refractivity contribution in [3.63, 3.8) is 0 Å². The lowest BCUT2D eigenvalue weighted by molar-refractivity contribution is -0.137. The Bertz CT molecular complexity index is 1140. The first kappa shape index (κ1) is 22.1. The number of aromatic nitrogens is 2. The van der Waals surface area contributed by atoms with Gasteiger partial charge >= 0.3 is 11.7 Å². The Morgan fingerprint density at radius 2 is 1.61 bits per heavy atom. The fourth-order valence-corrected chi connectivity index (χ4v) is 3.40. The van der Waals surface area contributed by atoms with Gasteiger partial charge < -0.3 is 10.1 Å². The molecule has 0 fully saturated rings. The number of benzene rings is 2. The summed E-state index contributed by atoms with van der Waals surface area (Å²) < 4.78 is 8.27. The zero-order chi connectivity index (χ0) is 22.2. The molecule has 0 aliphatic heterocycles. The van der Waals surface area contributed by atoms with Gasteiger partial charge in [-0.3, -0.25) is 13.9 Å². The monoisotopic (exact) mass is 421 g/mol. The number of carbonyl (C=O) groups excluding carboxylic acids is 2. The van der Waals surface area contributed by atoms with Crippen molar-refractivity contribution in [2.24, 2.45) is 0 Å². The average Bonchev–Trinajstić information content (AvgIpc) is 3.03. The lowest BCUT2D eigenvalue weighted by Crippen LogP contribution is -2.26. The molecule has 31 heavy (non-hydrogen) atoms. The summed E-state index contributed by atoms with van der Waals surface area (Å²) in [6.45, 7) is 5.07. The van der Waals surface area contributed by atoms with E-state index in [-0.39, 0.29) is 18.0 Å². The van der Waals surface area contributed by atoms with Crippen LogP contribution in [0.25, 0.3) is 17.1 Å². The van der Waals surface area contributed by atoms with Gasteiger partial charge in [0, 0.05) is 31.3 Å². The second kappa shape index (κ2) is 10.4. The number of nitrogens with one attached hydrogen (secondary N) is 1. The summed E-state index contributed by atoms with van der Waals surface area (Å²) in [5, 5.41) is 2.85. The number of ether oxygens (including phenoxy) is 1. The molecule has 3 rings (SSSR count). The first-order valence-electron chi connectivity index (χ1n) is 10.5. The molecule has 7 heteroatoms. The van der Waals surface area contributed by atoms with Gasteiger partial charge in [-0.15, -0.1) is 0 Å². The fourth-order valence-electron chi connectivity index (χ4n) is 3.40. The van der Waals surface area contributed by atoms with E-state index in [1.54, 1.807) is 46.4 Å². The molecule has 1 aromatic heterocycles. The lowest BCUT2D eigenvalue weighted by Gasteiger charge is -2.07. The number of esters is 1. The van der Waals surface area contributed by atoms with E-state index in [0.717, 1.165) is 23.0 Å². The van der Waals surface area contributed by atoms with Gasteiger partial charge in [0.05, 0.1) is 17.6 Å². The molecule has 0 saturated heterocycles. The molecule has 0 aliphatic carbocycles. The van der Waals surface area contributed by atoms with E-state index in [1.807, 2.05) is 31.2 Å². The third-order valence-electron chi connectivity index (χ3n) is 4.83. The van der Waals surface area contributed by atoms with E-state index in [4.69, 9.17) is 4.74 Å². The summed E-state index contributed by atoms with van der Waals surface area (Å²) >= 11 is 0. The molecule has 0 spiro atoms. The number of anilines is 1. The zero-order valence-corrected chi connectivity index (χ0v) is 17.8. The minimum Gasteiger partial charge on any atom is -0.463 e. The lowest BCUT2D eigenvalue weighted by atomic mass is 10.2. The molecule has 0 unspecified atom stereocenters. The standard InChI is InChI=1S/C24H27N3O4/c1-3-16-26-20-7-5-6-8-21(20)27(24(26)30)17-15-22(28)25-19-12-9-18(10-13-19)11-14-23(29)31-4-2/h5-14H,3-4,15-17H2,1-2H3,(H,25,28)/b14-11+. The quantitative estimate of drug-likeness (QED) is 0.421. The van der Waals surface area contributed by atoms with E-state index < -0.39 is 5.97 Å². The van der Waals surface area contributed by atoms with Crippen LogP contribution in [0.4, 0.5) is 5.69 Å². The normalized spacial score (nSPS) is 11.2. The van der Waals surface area contributed by atoms with Crippen LogP contribution in [0.15, 0.2) is 59.4 Å². The van der Waals surface area contributed by atoms with Crippen LogP contribution in [0.5, 0.6) is 0 Å². The molecule has 0 atom stereocenters. The number of para-hydroxylation sites is 2. The minimum absolute atomic E-state index is 0.0893. The summed E-state index contributed by atoms with van der Waals surface area (Å²) in [6.07, 6.45) is 4.07. The number of rotatable bonds is 9. The molecule has 1 amide bonds. The van der Waals surface area contributed by atoms with Crippen molar-refractivity contribution >= 4 is 34.7 Å². The van der Waals surface area contributed by atoms with E-state index in [2.05, 4.69) is 5.32 Å². The molecule has 2 aromatic carbocycles. The Morgan fingerprint density at radius 1 is 0.968 bits per heavy atom. The number of aryl methyl sites for hydroxylation is 2. The molecule has 7 nitrogen and oxygen atoms in total. The molecule has 0 radical (unpaired) electrons. The maximum atomic E-state index is 12.8. The van der Waals surface area contributed by atoms with E-state index >= 15 is 0 Å². The molecular weight excluding hydrogens is 394 g/mol. The van der Waals surface area contributed by atoms with Crippen LogP contribution in [-0.4, -0.2) is 27.6 Å². The van der Waals surface area contributed by atoms with Crippen molar-refractivity contribution in [1.29, 1.82) is 0 Å². The number of hydrogen-bond acceptors (Lipinski definition) is 4. The average molecular weight is 421 g/mol. The van der Waals surface area contributed by atoms with Crippen LogP contribution in [0.3, 0.4) is 0 Å². The second-order valence-electron chi connectivity index (χ2n) is 7.08. The van der Waals surface area contributed by atoms with Gasteiger partial charge in [0.2, 0.25) is 5.91 Å². The van der Waals surface area contributed by atoms with Crippen LogP contribution in [0, 0.1) is 0 Å². The van der Waals surface area contributed by atoms with Crippen molar-refractivity contribution in [1.82, 2.24) is 9.13 Å². The summed E-state index contributed by atoms with van der Waals surface area (Å²) in [6, 6.07) is 14.8. The fraction of sp³-hybridized carbons (Fsp3) is 0.292. The number of nitrogens with zero attached hydrogens (tertiary/aromatic N) is 2. The number of carbonyl (C=O) groups is 2. The Kier molecular flexibility index (Phi) is 7.43. The summed E-state index contributed by atoms with van der Waals surface area (Å²) in [4.78, 5) is 36.6. The van der Waals surface area contributed by atoms with E-state index in [1.165, 1.54) is 6.08 Å². The highest BCUT2D eigenvalue weighted by atomic mass is 16.5. The van der Waals surface area contributed by atoms with Crippen molar-refractivity contribution in [3.05, 3.63) is 70.7 Å². The van der Waals surface area contributed by atoms with E-state index in [0.29, 0.717) is 25.4 Å². The predicted molar refractivity (Wildman–Crippen MR) is 122 cm³/mol. The number of imidazole rings is 1. The maximum Gasteiger partial charge on any atom is 0.330 e. The molecule has 0 bridgehead atoms.